The SMILES string of the molecule is Cn1c(-c2ccccc2)nc2sc3c(c2c1=O)C(C(=O)O)CC3. The summed E-state index contributed by atoms with van der Waals surface area (Å²) in [6, 6.07) is 9.54. The Morgan fingerprint density at radius 3 is 2.78 bits per heavy atom. The van der Waals surface area contributed by atoms with Crippen molar-refractivity contribution in [3.8, 4) is 11.4 Å². The van der Waals surface area contributed by atoms with E-state index in [4.69, 9.17) is 0 Å². The summed E-state index contributed by atoms with van der Waals surface area (Å²) in [5, 5.41) is 9.89. The highest BCUT2D eigenvalue weighted by molar-refractivity contribution is 7.18. The van der Waals surface area contributed by atoms with Crippen LogP contribution in [0.15, 0.2) is 35.1 Å². The van der Waals surface area contributed by atoms with Gasteiger partial charge >= 0.3 is 5.97 Å². The number of aliphatic carboxylic acids is 1. The number of carboxylic acids is 1. The Morgan fingerprint density at radius 1 is 1.35 bits per heavy atom. The molecule has 0 radical (unpaired) electrons. The van der Waals surface area contributed by atoms with Crippen LogP contribution in [0.4, 0.5) is 0 Å². The van der Waals surface area contributed by atoms with Crippen LogP contribution in [0.1, 0.15) is 22.8 Å². The van der Waals surface area contributed by atoms with Crippen LogP contribution >= 0.6 is 11.3 Å². The zero-order valence-electron chi connectivity index (χ0n) is 12.4. The van der Waals surface area contributed by atoms with Crippen molar-refractivity contribution >= 4 is 27.5 Å². The molecule has 0 saturated heterocycles. The van der Waals surface area contributed by atoms with E-state index in [0.717, 1.165) is 10.4 Å². The lowest BCUT2D eigenvalue weighted by Crippen LogP contribution is -2.21. The summed E-state index contributed by atoms with van der Waals surface area (Å²) in [6.07, 6.45) is 1.27. The quantitative estimate of drug-likeness (QED) is 0.786. The molecule has 1 aliphatic rings. The first-order valence-corrected chi connectivity index (χ1v) is 8.20. The zero-order valence-corrected chi connectivity index (χ0v) is 13.3. The van der Waals surface area contributed by atoms with Crippen molar-refractivity contribution in [3.63, 3.8) is 0 Å². The highest BCUT2D eigenvalue weighted by Crippen LogP contribution is 2.42. The van der Waals surface area contributed by atoms with E-state index in [1.165, 1.54) is 15.9 Å². The van der Waals surface area contributed by atoms with E-state index < -0.39 is 11.9 Å². The Morgan fingerprint density at radius 2 is 2.09 bits per heavy atom. The Labute approximate surface area is 135 Å². The Bertz CT molecular complexity index is 988. The molecule has 0 aliphatic heterocycles. The van der Waals surface area contributed by atoms with Crippen LogP contribution in [0.5, 0.6) is 0 Å². The molecule has 2 heterocycles. The van der Waals surface area contributed by atoms with Gasteiger partial charge in [0.1, 0.15) is 10.7 Å². The minimum Gasteiger partial charge on any atom is -0.481 e. The summed E-state index contributed by atoms with van der Waals surface area (Å²) >= 11 is 1.45. The van der Waals surface area contributed by atoms with Crippen molar-refractivity contribution in [2.75, 3.05) is 0 Å². The van der Waals surface area contributed by atoms with Gasteiger partial charge in [-0.3, -0.25) is 14.2 Å². The van der Waals surface area contributed by atoms with Gasteiger partial charge in [-0.05, 0) is 18.4 Å². The van der Waals surface area contributed by atoms with Crippen molar-refractivity contribution in [3.05, 3.63) is 51.1 Å². The third-order valence-corrected chi connectivity index (χ3v) is 5.54. The van der Waals surface area contributed by atoms with Crippen molar-refractivity contribution in [1.82, 2.24) is 9.55 Å². The van der Waals surface area contributed by atoms with Crippen LogP contribution in [0.25, 0.3) is 21.6 Å². The van der Waals surface area contributed by atoms with Crippen molar-refractivity contribution in [2.45, 2.75) is 18.8 Å². The monoisotopic (exact) mass is 326 g/mol. The van der Waals surface area contributed by atoms with E-state index in [2.05, 4.69) is 4.98 Å². The summed E-state index contributed by atoms with van der Waals surface area (Å²) in [5.41, 5.74) is 1.39. The molecule has 116 valence electrons. The number of thiophene rings is 1. The standard InChI is InChI=1S/C17H14N2O3S/c1-19-14(9-5-3-2-4-6-9)18-15-13(16(19)20)12-10(17(21)22)7-8-11(12)23-15/h2-6,10H,7-8H2,1H3,(H,21,22). The smallest absolute Gasteiger partial charge is 0.311 e. The van der Waals surface area contributed by atoms with E-state index in [1.54, 1.807) is 7.05 Å². The molecule has 1 unspecified atom stereocenters. The number of carboxylic acid groups (broad SMARTS) is 1. The fraction of sp³-hybridized carbons (Fsp3) is 0.235. The highest BCUT2D eigenvalue weighted by atomic mass is 32.1. The van der Waals surface area contributed by atoms with Crippen LogP contribution in [-0.4, -0.2) is 20.6 Å². The molecule has 5 nitrogen and oxygen atoms in total. The minimum absolute atomic E-state index is 0.167. The van der Waals surface area contributed by atoms with Gasteiger partial charge in [-0.1, -0.05) is 30.3 Å². The molecule has 0 saturated carbocycles. The van der Waals surface area contributed by atoms with Crippen LogP contribution in [-0.2, 0) is 18.3 Å². The number of fused-ring (bicyclic) bond motifs is 3. The molecule has 3 aromatic rings. The van der Waals surface area contributed by atoms with Gasteiger partial charge < -0.3 is 5.11 Å². The van der Waals surface area contributed by atoms with Gasteiger partial charge in [0.15, 0.2) is 0 Å². The third-order valence-electron chi connectivity index (χ3n) is 4.39. The van der Waals surface area contributed by atoms with Crippen LogP contribution < -0.4 is 5.56 Å². The number of rotatable bonds is 2. The number of hydrogen-bond acceptors (Lipinski definition) is 4. The van der Waals surface area contributed by atoms with Crippen LogP contribution in [0, 0.1) is 0 Å². The maximum absolute atomic E-state index is 12.8. The number of hydrogen-bond donors (Lipinski definition) is 1. The van der Waals surface area contributed by atoms with Gasteiger partial charge in [0, 0.05) is 17.5 Å². The number of benzene rings is 1. The van der Waals surface area contributed by atoms with Gasteiger partial charge in [-0.15, -0.1) is 11.3 Å². The molecule has 0 fully saturated rings. The molecule has 1 atom stereocenters. The topological polar surface area (TPSA) is 72.2 Å². The minimum atomic E-state index is -0.863. The van der Waals surface area contributed by atoms with Gasteiger partial charge in [-0.2, -0.15) is 0 Å². The fourth-order valence-corrected chi connectivity index (χ4v) is 4.50. The summed E-state index contributed by atoms with van der Waals surface area (Å²) in [7, 11) is 1.69. The zero-order chi connectivity index (χ0) is 16.1. The first-order valence-electron chi connectivity index (χ1n) is 7.38. The molecule has 23 heavy (non-hydrogen) atoms. The molecule has 0 bridgehead atoms. The molecule has 6 heteroatoms. The van der Waals surface area contributed by atoms with Crippen molar-refractivity contribution in [1.29, 1.82) is 0 Å². The first-order chi connectivity index (χ1) is 11.1. The lowest BCUT2D eigenvalue weighted by atomic mass is 10.0. The second-order valence-corrected chi connectivity index (χ2v) is 6.80. The molecule has 1 aromatic carbocycles. The van der Waals surface area contributed by atoms with Gasteiger partial charge in [0.2, 0.25) is 0 Å². The van der Waals surface area contributed by atoms with Gasteiger partial charge in [0.05, 0.1) is 11.3 Å². The van der Waals surface area contributed by atoms with Crippen LogP contribution in [0.3, 0.4) is 0 Å². The number of aromatic nitrogens is 2. The number of carbonyl (C=O) groups is 1. The van der Waals surface area contributed by atoms with E-state index >= 15 is 0 Å². The molecule has 4 rings (SSSR count). The highest BCUT2D eigenvalue weighted by Gasteiger charge is 2.34. The molecule has 0 spiro atoms. The summed E-state index contributed by atoms with van der Waals surface area (Å²) in [6.45, 7) is 0. The summed E-state index contributed by atoms with van der Waals surface area (Å²) < 4.78 is 1.52. The normalized spacial score (nSPS) is 16.7. The number of nitrogens with zero attached hydrogens (tertiary/aromatic N) is 2. The van der Waals surface area contributed by atoms with E-state index in [1.807, 2.05) is 30.3 Å². The van der Waals surface area contributed by atoms with E-state index in [-0.39, 0.29) is 5.56 Å². The Kier molecular flexibility index (Phi) is 3.09. The predicted molar refractivity (Wildman–Crippen MR) is 89.0 cm³/mol. The third kappa shape index (κ3) is 2.02. The second-order valence-electron chi connectivity index (χ2n) is 5.71. The molecule has 1 aliphatic carbocycles. The Balaban J connectivity index is 2.02. The van der Waals surface area contributed by atoms with Crippen molar-refractivity contribution in [2.24, 2.45) is 7.05 Å². The molecule has 1 N–H and O–H groups in total. The summed E-state index contributed by atoms with van der Waals surface area (Å²) in [4.78, 5) is 30.6. The van der Waals surface area contributed by atoms with Crippen LogP contribution in [0.2, 0.25) is 0 Å². The average molecular weight is 326 g/mol. The second kappa shape index (κ2) is 5.03. The van der Waals surface area contributed by atoms with E-state index in [9.17, 15) is 14.7 Å². The molecule has 0 amide bonds. The number of aryl methyl sites for hydroxylation is 1. The molecular formula is C17H14N2O3S. The lowest BCUT2D eigenvalue weighted by Gasteiger charge is -2.09. The first kappa shape index (κ1) is 14.1. The van der Waals surface area contributed by atoms with Crippen molar-refractivity contribution < 1.29 is 9.90 Å². The predicted octanol–water partition coefficient (Wildman–Crippen LogP) is 2.78. The maximum atomic E-state index is 12.8. The van der Waals surface area contributed by atoms with E-state index in [0.29, 0.717) is 34.4 Å². The van der Waals surface area contributed by atoms with Gasteiger partial charge in [0.25, 0.3) is 5.56 Å². The Hall–Kier alpha value is -2.47. The van der Waals surface area contributed by atoms with Gasteiger partial charge in [-0.25, -0.2) is 4.98 Å². The summed E-state index contributed by atoms with van der Waals surface area (Å²) in [5.74, 6) is -0.844. The average Bonchev–Trinajstić information content (AvgIpc) is 3.10. The molecule has 2 aromatic heterocycles. The fourth-order valence-electron chi connectivity index (χ4n) is 3.26. The largest absolute Gasteiger partial charge is 0.481 e. The molecular weight excluding hydrogens is 312 g/mol. The maximum Gasteiger partial charge on any atom is 0.311 e. The lowest BCUT2D eigenvalue weighted by molar-refractivity contribution is -0.138.